The second kappa shape index (κ2) is 5.54. The summed E-state index contributed by atoms with van der Waals surface area (Å²) in [7, 11) is -3.34. The predicted molar refractivity (Wildman–Crippen MR) is 75.4 cm³/mol. The number of carbonyl (C=O) groups is 1. The van der Waals surface area contributed by atoms with E-state index in [4.69, 9.17) is 5.11 Å². The van der Waals surface area contributed by atoms with Crippen LogP contribution in [0.4, 0.5) is 0 Å². The Morgan fingerprint density at radius 3 is 2.55 bits per heavy atom. The average Bonchev–Trinajstić information content (AvgIpc) is 3.18. The highest BCUT2D eigenvalue weighted by Gasteiger charge is 2.33. The van der Waals surface area contributed by atoms with E-state index in [9.17, 15) is 13.2 Å². The lowest BCUT2D eigenvalue weighted by Crippen LogP contribution is -2.36. The van der Waals surface area contributed by atoms with E-state index in [0.29, 0.717) is 5.56 Å². The predicted octanol–water partition coefficient (Wildman–Crippen LogP) is 0.995. The molecule has 110 valence electrons. The van der Waals surface area contributed by atoms with Gasteiger partial charge in [0.1, 0.15) is 0 Å². The van der Waals surface area contributed by atoms with E-state index in [0.717, 1.165) is 24.7 Å². The van der Waals surface area contributed by atoms with Crippen LogP contribution in [0.2, 0.25) is 0 Å². The van der Waals surface area contributed by atoms with Gasteiger partial charge in [0.2, 0.25) is 0 Å². The molecule has 1 N–H and O–H groups in total. The molecule has 0 heterocycles. The fourth-order valence-corrected chi connectivity index (χ4v) is 2.81. The SMILES string of the molecule is Cc1ccc(S(C)(=O)=O)cc1C(=O)N(CCO)C1CC1. The largest absolute Gasteiger partial charge is 0.395 e. The lowest BCUT2D eigenvalue weighted by atomic mass is 10.1. The number of aliphatic hydroxyl groups is 1. The molecule has 1 aromatic rings. The Kier molecular flexibility index (Phi) is 4.15. The molecule has 5 nitrogen and oxygen atoms in total. The van der Waals surface area contributed by atoms with Gasteiger partial charge in [-0.25, -0.2) is 8.42 Å². The van der Waals surface area contributed by atoms with E-state index in [1.165, 1.54) is 12.1 Å². The van der Waals surface area contributed by atoms with Crippen molar-refractivity contribution in [1.82, 2.24) is 4.90 Å². The van der Waals surface area contributed by atoms with Crippen LogP contribution in [0.1, 0.15) is 28.8 Å². The third-order valence-corrected chi connectivity index (χ3v) is 4.57. The van der Waals surface area contributed by atoms with Gasteiger partial charge in [0.05, 0.1) is 11.5 Å². The molecular weight excluding hydrogens is 278 g/mol. The molecule has 1 saturated carbocycles. The number of benzene rings is 1. The Labute approximate surface area is 119 Å². The standard InChI is InChI=1S/C14H19NO4S/c1-10-3-6-12(20(2,18)19)9-13(10)14(17)15(7-8-16)11-4-5-11/h3,6,9,11,16H,4-5,7-8H2,1-2H3. The Morgan fingerprint density at radius 2 is 2.05 bits per heavy atom. The molecule has 0 saturated heterocycles. The van der Waals surface area contributed by atoms with Crippen LogP contribution in [-0.2, 0) is 9.84 Å². The van der Waals surface area contributed by atoms with Crippen LogP contribution in [0, 0.1) is 6.92 Å². The zero-order chi connectivity index (χ0) is 14.9. The van der Waals surface area contributed by atoms with Crippen molar-refractivity contribution in [3.63, 3.8) is 0 Å². The first-order valence-electron chi connectivity index (χ1n) is 6.57. The molecule has 0 aliphatic heterocycles. The van der Waals surface area contributed by atoms with E-state index in [-0.39, 0.29) is 30.0 Å². The van der Waals surface area contributed by atoms with Crippen molar-refractivity contribution < 1.29 is 18.3 Å². The number of sulfone groups is 1. The summed E-state index contributed by atoms with van der Waals surface area (Å²) < 4.78 is 23.2. The highest BCUT2D eigenvalue weighted by atomic mass is 32.2. The molecule has 1 aliphatic rings. The zero-order valence-electron chi connectivity index (χ0n) is 11.7. The van der Waals surface area contributed by atoms with Crippen molar-refractivity contribution in [3.8, 4) is 0 Å². The molecule has 0 aromatic heterocycles. The van der Waals surface area contributed by atoms with Gasteiger partial charge >= 0.3 is 0 Å². The van der Waals surface area contributed by atoms with Crippen molar-refractivity contribution in [2.24, 2.45) is 0 Å². The van der Waals surface area contributed by atoms with E-state index in [1.54, 1.807) is 17.9 Å². The Hall–Kier alpha value is -1.40. The summed E-state index contributed by atoms with van der Waals surface area (Å²) in [6, 6.07) is 4.76. The van der Waals surface area contributed by atoms with Gasteiger partial charge in [-0.2, -0.15) is 0 Å². The normalized spacial score (nSPS) is 15.2. The van der Waals surface area contributed by atoms with E-state index in [1.807, 2.05) is 0 Å². The molecule has 0 spiro atoms. The Bertz CT molecular complexity index is 620. The second-order valence-electron chi connectivity index (χ2n) is 5.20. The van der Waals surface area contributed by atoms with E-state index >= 15 is 0 Å². The number of nitrogens with zero attached hydrogens (tertiary/aromatic N) is 1. The van der Waals surface area contributed by atoms with Gasteiger partial charge < -0.3 is 10.0 Å². The molecule has 0 atom stereocenters. The van der Waals surface area contributed by atoms with Crippen molar-refractivity contribution in [2.45, 2.75) is 30.7 Å². The number of aryl methyl sites for hydroxylation is 1. The first-order valence-corrected chi connectivity index (χ1v) is 8.46. The molecule has 1 amide bonds. The van der Waals surface area contributed by atoms with Crippen molar-refractivity contribution in [1.29, 1.82) is 0 Å². The smallest absolute Gasteiger partial charge is 0.254 e. The number of carbonyl (C=O) groups excluding carboxylic acids is 1. The maximum Gasteiger partial charge on any atom is 0.254 e. The molecule has 1 fully saturated rings. The summed E-state index contributed by atoms with van der Waals surface area (Å²) in [5.74, 6) is -0.204. The molecule has 0 unspecified atom stereocenters. The average molecular weight is 297 g/mol. The highest BCUT2D eigenvalue weighted by molar-refractivity contribution is 7.90. The third kappa shape index (κ3) is 3.19. The molecule has 6 heteroatoms. The first kappa shape index (κ1) is 15.0. The molecular formula is C14H19NO4S. The van der Waals surface area contributed by atoms with Crippen LogP contribution in [0.25, 0.3) is 0 Å². The zero-order valence-corrected chi connectivity index (χ0v) is 12.5. The summed E-state index contributed by atoms with van der Waals surface area (Å²) in [6.45, 7) is 1.97. The topological polar surface area (TPSA) is 74.7 Å². The quantitative estimate of drug-likeness (QED) is 0.879. The highest BCUT2D eigenvalue weighted by Crippen LogP contribution is 2.29. The van der Waals surface area contributed by atoms with Gasteiger partial charge in [0.15, 0.2) is 9.84 Å². The van der Waals surface area contributed by atoms with Gasteiger partial charge in [0.25, 0.3) is 5.91 Å². The number of amides is 1. The number of hydrogen-bond donors (Lipinski definition) is 1. The summed E-state index contributed by atoms with van der Waals surface area (Å²) in [5, 5.41) is 9.07. The van der Waals surface area contributed by atoms with Crippen LogP contribution in [0.5, 0.6) is 0 Å². The number of aliphatic hydroxyl groups excluding tert-OH is 1. The van der Waals surface area contributed by atoms with Crippen LogP contribution >= 0.6 is 0 Å². The third-order valence-electron chi connectivity index (χ3n) is 3.46. The summed E-state index contributed by atoms with van der Waals surface area (Å²) in [6.07, 6.45) is 3.01. The number of rotatable bonds is 5. The molecule has 0 bridgehead atoms. The van der Waals surface area contributed by atoms with Gasteiger partial charge in [-0.05, 0) is 37.5 Å². The molecule has 2 rings (SSSR count). The van der Waals surface area contributed by atoms with Gasteiger partial charge in [-0.3, -0.25) is 4.79 Å². The summed E-state index contributed by atoms with van der Waals surface area (Å²) in [5.41, 5.74) is 1.14. The van der Waals surface area contributed by atoms with Gasteiger partial charge in [0, 0.05) is 24.4 Å². The molecule has 0 radical (unpaired) electrons. The minimum absolute atomic E-state index is 0.0902. The molecule has 20 heavy (non-hydrogen) atoms. The lowest BCUT2D eigenvalue weighted by Gasteiger charge is -2.22. The monoisotopic (exact) mass is 297 g/mol. The van der Waals surface area contributed by atoms with Crippen molar-refractivity contribution >= 4 is 15.7 Å². The van der Waals surface area contributed by atoms with Crippen LogP contribution in [0.15, 0.2) is 23.1 Å². The Morgan fingerprint density at radius 1 is 1.40 bits per heavy atom. The molecule has 1 aliphatic carbocycles. The van der Waals surface area contributed by atoms with Gasteiger partial charge in [-0.15, -0.1) is 0 Å². The Balaban J connectivity index is 2.37. The fourth-order valence-electron chi connectivity index (χ4n) is 2.16. The number of hydrogen-bond acceptors (Lipinski definition) is 4. The first-order chi connectivity index (χ1) is 9.34. The van der Waals surface area contributed by atoms with Crippen molar-refractivity contribution in [2.75, 3.05) is 19.4 Å². The minimum Gasteiger partial charge on any atom is -0.395 e. The molecule has 1 aromatic carbocycles. The lowest BCUT2D eigenvalue weighted by molar-refractivity contribution is 0.0706. The van der Waals surface area contributed by atoms with Crippen LogP contribution < -0.4 is 0 Å². The van der Waals surface area contributed by atoms with Crippen LogP contribution in [-0.4, -0.2) is 49.8 Å². The maximum absolute atomic E-state index is 12.5. The van der Waals surface area contributed by atoms with E-state index < -0.39 is 9.84 Å². The second-order valence-corrected chi connectivity index (χ2v) is 7.22. The summed E-state index contributed by atoms with van der Waals surface area (Å²) >= 11 is 0. The van der Waals surface area contributed by atoms with Crippen LogP contribution in [0.3, 0.4) is 0 Å². The van der Waals surface area contributed by atoms with Crippen molar-refractivity contribution in [3.05, 3.63) is 29.3 Å². The van der Waals surface area contributed by atoms with E-state index in [2.05, 4.69) is 0 Å². The summed E-state index contributed by atoms with van der Waals surface area (Å²) in [4.78, 5) is 14.3. The fraction of sp³-hybridized carbons (Fsp3) is 0.500. The maximum atomic E-state index is 12.5. The van der Waals surface area contributed by atoms with Gasteiger partial charge in [-0.1, -0.05) is 6.07 Å². The minimum atomic E-state index is -3.34.